The van der Waals surface area contributed by atoms with Crippen LogP contribution in [0.4, 0.5) is 0 Å². The Hall–Kier alpha value is -3.19. The van der Waals surface area contributed by atoms with Gasteiger partial charge in [-0.1, -0.05) is 23.7 Å². The zero-order valence-corrected chi connectivity index (χ0v) is 18.1. The smallest absolute Gasteiger partial charge is 0.252 e. The van der Waals surface area contributed by atoms with Crippen LogP contribution in [0.5, 0.6) is 17.2 Å². The van der Waals surface area contributed by atoms with Gasteiger partial charge in [-0.2, -0.15) is 0 Å². The van der Waals surface area contributed by atoms with E-state index >= 15 is 0 Å². The second-order valence-corrected chi connectivity index (χ2v) is 6.91. The molecule has 0 radical (unpaired) electrons. The molecule has 1 atom stereocenters. The molecule has 0 aliphatic carbocycles. The zero-order chi connectivity index (χ0) is 21.7. The Kier molecular flexibility index (Phi) is 6.84. The lowest BCUT2D eigenvalue weighted by atomic mass is 10.0. The largest absolute Gasteiger partial charge is 0.497 e. The Bertz CT molecular complexity index is 1020. The number of aromatic nitrogens is 2. The van der Waals surface area contributed by atoms with E-state index in [0.717, 1.165) is 11.3 Å². The third kappa shape index (κ3) is 4.52. The molecule has 3 rings (SSSR count). The number of methoxy groups -OCH3 is 2. The molecular weight excluding hydrogens is 406 g/mol. The molecule has 7 nitrogen and oxygen atoms in total. The highest BCUT2D eigenvalue weighted by atomic mass is 35.5. The van der Waals surface area contributed by atoms with Crippen molar-refractivity contribution in [3.8, 4) is 17.2 Å². The molecule has 1 amide bonds. The number of carbonyl (C=O) groups is 1. The SMILES string of the molecule is CCOc1c(Cl)cc(C(=O)NC(c2ccc(OC)cc2)c2nccn2C)cc1OC. The summed E-state index contributed by atoms with van der Waals surface area (Å²) in [6, 6.07) is 10.2. The molecule has 3 aromatic rings. The minimum atomic E-state index is -0.472. The van der Waals surface area contributed by atoms with Crippen LogP contribution in [0.25, 0.3) is 0 Å². The first-order valence-electron chi connectivity index (χ1n) is 9.40. The van der Waals surface area contributed by atoms with E-state index in [1.807, 2.05) is 49.0 Å². The molecule has 158 valence electrons. The van der Waals surface area contributed by atoms with Gasteiger partial charge in [0.1, 0.15) is 17.6 Å². The number of carbonyl (C=O) groups excluding carboxylic acids is 1. The first-order chi connectivity index (χ1) is 14.5. The Balaban J connectivity index is 1.95. The lowest BCUT2D eigenvalue weighted by Gasteiger charge is -2.20. The fourth-order valence-electron chi connectivity index (χ4n) is 3.10. The Morgan fingerprint density at radius 1 is 1.20 bits per heavy atom. The highest BCUT2D eigenvalue weighted by Crippen LogP contribution is 2.36. The summed E-state index contributed by atoms with van der Waals surface area (Å²) in [4.78, 5) is 17.5. The van der Waals surface area contributed by atoms with E-state index in [4.69, 9.17) is 25.8 Å². The molecule has 0 bridgehead atoms. The minimum Gasteiger partial charge on any atom is -0.497 e. The summed E-state index contributed by atoms with van der Waals surface area (Å²) in [5.41, 5.74) is 1.22. The third-order valence-electron chi connectivity index (χ3n) is 4.62. The van der Waals surface area contributed by atoms with Gasteiger partial charge in [-0.05, 0) is 36.8 Å². The first-order valence-corrected chi connectivity index (χ1v) is 9.78. The molecule has 0 saturated carbocycles. The highest BCUT2D eigenvalue weighted by Gasteiger charge is 2.23. The lowest BCUT2D eigenvalue weighted by molar-refractivity contribution is 0.0940. The van der Waals surface area contributed by atoms with Gasteiger partial charge in [0.2, 0.25) is 0 Å². The van der Waals surface area contributed by atoms with Crippen molar-refractivity contribution in [3.05, 3.63) is 70.8 Å². The van der Waals surface area contributed by atoms with Crippen LogP contribution < -0.4 is 19.5 Å². The molecule has 30 heavy (non-hydrogen) atoms. The van der Waals surface area contributed by atoms with Gasteiger partial charge in [0.15, 0.2) is 11.5 Å². The average molecular weight is 430 g/mol. The maximum atomic E-state index is 13.1. The zero-order valence-electron chi connectivity index (χ0n) is 17.3. The summed E-state index contributed by atoms with van der Waals surface area (Å²) >= 11 is 6.33. The van der Waals surface area contributed by atoms with Crippen molar-refractivity contribution >= 4 is 17.5 Å². The summed E-state index contributed by atoms with van der Waals surface area (Å²) in [6.45, 7) is 2.28. The van der Waals surface area contributed by atoms with E-state index in [-0.39, 0.29) is 5.91 Å². The number of aryl methyl sites for hydroxylation is 1. The third-order valence-corrected chi connectivity index (χ3v) is 4.90. The summed E-state index contributed by atoms with van der Waals surface area (Å²) in [5.74, 6) is 1.91. The van der Waals surface area contributed by atoms with E-state index in [1.165, 1.54) is 7.11 Å². The fourth-order valence-corrected chi connectivity index (χ4v) is 3.36. The first kappa shape index (κ1) is 21.5. The van der Waals surface area contributed by atoms with Gasteiger partial charge >= 0.3 is 0 Å². The van der Waals surface area contributed by atoms with Gasteiger partial charge in [-0.15, -0.1) is 0 Å². The van der Waals surface area contributed by atoms with Crippen molar-refractivity contribution in [1.29, 1.82) is 0 Å². The number of halogens is 1. The Labute approximate surface area is 180 Å². The number of rotatable bonds is 8. The standard InChI is InChI=1S/C22H24ClN3O4/c1-5-30-20-17(23)12-15(13-18(20)29-4)22(27)25-19(21-24-10-11-26(21)2)14-6-8-16(28-3)9-7-14/h6-13,19H,5H2,1-4H3,(H,25,27). The van der Waals surface area contributed by atoms with E-state index in [0.29, 0.717) is 34.5 Å². The van der Waals surface area contributed by atoms with Gasteiger partial charge in [-0.25, -0.2) is 4.98 Å². The number of benzene rings is 2. The molecule has 1 heterocycles. The Morgan fingerprint density at radius 3 is 2.50 bits per heavy atom. The maximum Gasteiger partial charge on any atom is 0.252 e. The predicted molar refractivity (Wildman–Crippen MR) is 115 cm³/mol. The second-order valence-electron chi connectivity index (χ2n) is 6.50. The van der Waals surface area contributed by atoms with Gasteiger partial charge in [-0.3, -0.25) is 4.79 Å². The summed E-state index contributed by atoms with van der Waals surface area (Å²) in [6.07, 6.45) is 3.52. The molecule has 1 N–H and O–H groups in total. The maximum absolute atomic E-state index is 13.1. The van der Waals surface area contributed by atoms with Crippen LogP contribution in [0.3, 0.4) is 0 Å². The molecule has 0 aliphatic rings. The van der Waals surface area contributed by atoms with Crippen molar-refractivity contribution in [1.82, 2.24) is 14.9 Å². The minimum absolute atomic E-state index is 0.305. The highest BCUT2D eigenvalue weighted by molar-refractivity contribution is 6.32. The lowest BCUT2D eigenvalue weighted by Crippen LogP contribution is -2.31. The molecule has 1 aromatic heterocycles. The van der Waals surface area contributed by atoms with Crippen molar-refractivity contribution in [2.75, 3.05) is 20.8 Å². The molecule has 0 spiro atoms. The van der Waals surface area contributed by atoms with Crippen molar-refractivity contribution in [3.63, 3.8) is 0 Å². The van der Waals surface area contributed by atoms with Crippen LogP contribution in [0.1, 0.15) is 34.7 Å². The van der Waals surface area contributed by atoms with Crippen LogP contribution >= 0.6 is 11.6 Å². The molecule has 0 aliphatic heterocycles. The second kappa shape index (κ2) is 9.54. The number of nitrogens with zero attached hydrogens (tertiary/aromatic N) is 2. The molecule has 8 heteroatoms. The normalized spacial score (nSPS) is 11.6. The van der Waals surface area contributed by atoms with Crippen molar-refractivity contribution in [2.24, 2.45) is 7.05 Å². The quantitative estimate of drug-likeness (QED) is 0.585. The van der Waals surface area contributed by atoms with E-state index in [2.05, 4.69) is 10.3 Å². The van der Waals surface area contributed by atoms with Gasteiger partial charge in [0, 0.05) is 25.0 Å². The van der Waals surface area contributed by atoms with E-state index in [9.17, 15) is 4.79 Å². The molecule has 0 fully saturated rings. The van der Waals surface area contributed by atoms with Crippen molar-refractivity contribution < 1.29 is 19.0 Å². The fraction of sp³-hybridized carbons (Fsp3) is 0.273. The summed E-state index contributed by atoms with van der Waals surface area (Å²) in [7, 11) is 4.99. The summed E-state index contributed by atoms with van der Waals surface area (Å²) < 4.78 is 18.0. The molecule has 1 unspecified atom stereocenters. The van der Waals surface area contributed by atoms with Gasteiger partial charge in [0.05, 0.1) is 25.8 Å². The van der Waals surface area contributed by atoms with Crippen LogP contribution in [0.15, 0.2) is 48.8 Å². The average Bonchev–Trinajstić information content (AvgIpc) is 3.18. The molecular formula is C22H24ClN3O4. The number of hydrogen-bond acceptors (Lipinski definition) is 5. The van der Waals surface area contributed by atoms with E-state index < -0.39 is 6.04 Å². The van der Waals surface area contributed by atoms with Gasteiger partial charge in [0.25, 0.3) is 5.91 Å². The predicted octanol–water partition coefficient (Wildman–Crippen LogP) is 4.01. The van der Waals surface area contributed by atoms with Gasteiger partial charge < -0.3 is 24.1 Å². The Morgan fingerprint density at radius 2 is 1.93 bits per heavy atom. The van der Waals surface area contributed by atoms with Crippen LogP contribution in [-0.4, -0.2) is 36.3 Å². The van der Waals surface area contributed by atoms with Crippen LogP contribution in [0, 0.1) is 0 Å². The van der Waals surface area contributed by atoms with Crippen molar-refractivity contribution in [2.45, 2.75) is 13.0 Å². The van der Waals surface area contributed by atoms with Crippen LogP contribution in [0.2, 0.25) is 5.02 Å². The van der Waals surface area contributed by atoms with Crippen LogP contribution in [-0.2, 0) is 7.05 Å². The van der Waals surface area contributed by atoms with E-state index in [1.54, 1.807) is 25.4 Å². The molecule has 0 saturated heterocycles. The topological polar surface area (TPSA) is 74.6 Å². The summed E-state index contributed by atoms with van der Waals surface area (Å²) in [5, 5.41) is 3.35. The number of amides is 1. The number of imidazole rings is 1. The monoisotopic (exact) mass is 429 g/mol. The number of ether oxygens (including phenoxy) is 3. The molecule has 2 aromatic carbocycles. The number of nitrogens with one attached hydrogen (secondary N) is 1. The number of hydrogen-bond donors (Lipinski definition) is 1.